The summed E-state index contributed by atoms with van der Waals surface area (Å²) in [5.41, 5.74) is 4.75. The SMILES string of the molecule is Cc1ccc(N2CCN3c4ccccc4C[C@@H](C(=O)N4CCN(c5cccc(C(F)(F)F)c5)CC4)[C@@H]3C2)cc1. The molecule has 1 amide bonds. The number of alkyl halides is 3. The second-order valence-electron chi connectivity index (χ2n) is 10.8. The molecular formula is C31H33F3N4O. The minimum Gasteiger partial charge on any atom is -0.368 e. The van der Waals surface area contributed by atoms with Gasteiger partial charge in [0.05, 0.1) is 17.5 Å². The van der Waals surface area contributed by atoms with Crippen LogP contribution in [0.4, 0.5) is 30.2 Å². The topological polar surface area (TPSA) is 30.0 Å². The van der Waals surface area contributed by atoms with E-state index in [0.29, 0.717) is 38.3 Å². The maximum atomic E-state index is 14.0. The summed E-state index contributed by atoms with van der Waals surface area (Å²) in [6.45, 7) is 6.64. The lowest BCUT2D eigenvalue weighted by molar-refractivity contribution is -0.137. The molecule has 0 aliphatic carbocycles. The Bertz CT molecular complexity index is 1330. The molecule has 3 heterocycles. The Kier molecular flexibility index (Phi) is 6.65. The van der Waals surface area contributed by atoms with Crippen molar-refractivity contribution in [2.45, 2.75) is 25.6 Å². The van der Waals surface area contributed by atoms with Crippen LogP contribution in [0.1, 0.15) is 16.7 Å². The van der Waals surface area contributed by atoms with Gasteiger partial charge in [-0.3, -0.25) is 4.79 Å². The number of benzene rings is 3. The average Bonchev–Trinajstić information content (AvgIpc) is 2.96. The van der Waals surface area contributed by atoms with Gasteiger partial charge in [0.15, 0.2) is 0 Å². The maximum Gasteiger partial charge on any atom is 0.416 e. The first-order valence-corrected chi connectivity index (χ1v) is 13.6. The van der Waals surface area contributed by atoms with E-state index in [1.807, 2.05) is 15.9 Å². The Hall–Kier alpha value is -3.68. The van der Waals surface area contributed by atoms with Gasteiger partial charge in [-0.1, -0.05) is 42.0 Å². The number of piperazine rings is 2. The van der Waals surface area contributed by atoms with Crippen LogP contribution in [0.5, 0.6) is 0 Å². The fraction of sp³-hybridized carbons (Fsp3) is 0.387. The number of aryl methyl sites for hydroxylation is 1. The van der Waals surface area contributed by atoms with Crippen molar-refractivity contribution >= 4 is 23.0 Å². The molecule has 2 atom stereocenters. The van der Waals surface area contributed by atoms with Crippen molar-refractivity contribution in [3.8, 4) is 0 Å². The van der Waals surface area contributed by atoms with Gasteiger partial charge < -0.3 is 19.6 Å². The smallest absolute Gasteiger partial charge is 0.368 e. The molecule has 3 aliphatic rings. The number of para-hydroxylation sites is 1. The van der Waals surface area contributed by atoms with Crippen molar-refractivity contribution < 1.29 is 18.0 Å². The molecule has 0 radical (unpaired) electrons. The van der Waals surface area contributed by atoms with Crippen LogP contribution in [-0.2, 0) is 17.4 Å². The first-order chi connectivity index (χ1) is 18.8. The van der Waals surface area contributed by atoms with Gasteiger partial charge >= 0.3 is 6.18 Å². The predicted octanol–water partition coefficient (Wildman–Crippen LogP) is 5.23. The first kappa shape index (κ1) is 25.6. The molecule has 0 aromatic heterocycles. The number of hydrogen-bond donors (Lipinski definition) is 0. The summed E-state index contributed by atoms with van der Waals surface area (Å²) >= 11 is 0. The summed E-state index contributed by atoms with van der Waals surface area (Å²) in [5.74, 6) is -0.0257. The quantitative estimate of drug-likeness (QED) is 0.461. The summed E-state index contributed by atoms with van der Waals surface area (Å²) in [5, 5.41) is 0. The molecule has 204 valence electrons. The van der Waals surface area contributed by atoms with Crippen LogP contribution in [0, 0.1) is 12.8 Å². The minimum absolute atomic E-state index is 0.0592. The molecule has 0 saturated carbocycles. The Balaban J connectivity index is 1.20. The number of amides is 1. The van der Waals surface area contributed by atoms with Crippen molar-refractivity contribution in [2.24, 2.45) is 5.92 Å². The molecule has 5 nitrogen and oxygen atoms in total. The fourth-order valence-corrected chi connectivity index (χ4v) is 6.33. The third kappa shape index (κ3) is 5.04. The molecule has 2 saturated heterocycles. The number of hydrogen-bond acceptors (Lipinski definition) is 4. The molecule has 0 bridgehead atoms. The van der Waals surface area contributed by atoms with Crippen molar-refractivity contribution in [2.75, 3.05) is 60.5 Å². The lowest BCUT2D eigenvalue weighted by atomic mass is 9.82. The number of anilines is 3. The number of fused-ring (bicyclic) bond motifs is 3. The van der Waals surface area contributed by atoms with Gasteiger partial charge in [-0.25, -0.2) is 0 Å². The Labute approximate surface area is 227 Å². The van der Waals surface area contributed by atoms with E-state index in [9.17, 15) is 18.0 Å². The minimum atomic E-state index is -4.37. The second kappa shape index (κ2) is 10.1. The standard InChI is InChI=1S/C31H33F3N4O/c1-22-9-11-25(12-10-22)37-17-18-38-28-8-3-2-5-23(28)19-27(29(38)21-37)30(39)36-15-13-35(14-16-36)26-7-4-6-24(20-26)31(32,33)34/h2-12,20,27,29H,13-19,21H2,1H3/t27-,29+/m1/s1. The van der Waals surface area contributed by atoms with Gasteiger partial charge in [0.2, 0.25) is 5.91 Å². The summed E-state index contributed by atoms with van der Waals surface area (Å²) < 4.78 is 39.7. The van der Waals surface area contributed by atoms with Crippen molar-refractivity contribution in [3.05, 3.63) is 89.5 Å². The molecule has 3 aromatic carbocycles. The maximum absolute atomic E-state index is 14.0. The van der Waals surface area contributed by atoms with E-state index in [0.717, 1.165) is 25.7 Å². The lowest BCUT2D eigenvalue weighted by Gasteiger charge is -2.50. The molecule has 39 heavy (non-hydrogen) atoms. The molecule has 3 aliphatic heterocycles. The van der Waals surface area contributed by atoms with Gasteiger partial charge in [0, 0.05) is 62.9 Å². The van der Waals surface area contributed by atoms with Crippen molar-refractivity contribution in [1.29, 1.82) is 0 Å². The van der Waals surface area contributed by atoms with Crippen LogP contribution in [-0.4, -0.2) is 62.7 Å². The molecule has 2 fully saturated rings. The van der Waals surface area contributed by atoms with Crippen molar-refractivity contribution in [1.82, 2.24) is 4.90 Å². The van der Waals surface area contributed by atoms with Gasteiger partial charge in [0.1, 0.15) is 0 Å². The van der Waals surface area contributed by atoms with Crippen LogP contribution in [0.15, 0.2) is 72.8 Å². The fourth-order valence-electron chi connectivity index (χ4n) is 6.33. The van der Waals surface area contributed by atoms with Crippen LogP contribution >= 0.6 is 0 Å². The predicted molar refractivity (Wildman–Crippen MR) is 148 cm³/mol. The number of nitrogens with zero attached hydrogens (tertiary/aromatic N) is 4. The lowest BCUT2D eigenvalue weighted by Crippen LogP contribution is -2.62. The Morgan fingerprint density at radius 3 is 2.26 bits per heavy atom. The molecule has 0 unspecified atom stereocenters. The normalized spacial score (nSPS) is 21.4. The summed E-state index contributed by atoms with van der Waals surface area (Å²) in [6, 6.07) is 22.5. The van der Waals surface area contributed by atoms with E-state index < -0.39 is 11.7 Å². The number of rotatable bonds is 3. The molecule has 8 heteroatoms. The van der Waals surface area contributed by atoms with E-state index in [1.165, 1.54) is 34.6 Å². The Morgan fingerprint density at radius 2 is 1.51 bits per heavy atom. The molecular weight excluding hydrogens is 501 g/mol. The Morgan fingerprint density at radius 1 is 0.795 bits per heavy atom. The van der Waals surface area contributed by atoms with Crippen LogP contribution in [0.3, 0.4) is 0 Å². The monoisotopic (exact) mass is 534 g/mol. The van der Waals surface area contributed by atoms with E-state index in [4.69, 9.17) is 0 Å². The van der Waals surface area contributed by atoms with E-state index in [2.05, 4.69) is 59.2 Å². The third-order valence-electron chi connectivity index (χ3n) is 8.47. The zero-order valence-corrected chi connectivity index (χ0v) is 22.1. The summed E-state index contributed by atoms with van der Waals surface area (Å²) in [4.78, 5) is 22.7. The van der Waals surface area contributed by atoms with Crippen LogP contribution in [0.25, 0.3) is 0 Å². The van der Waals surface area contributed by atoms with Crippen LogP contribution in [0.2, 0.25) is 0 Å². The molecule has 3 aromatic rings. The first-order valence-electron chi connectivity index (χ1n) is 13.6. The molecule has 0 spiro atoms. The largest absolute Gasteiger partial charge is 0.416 e. The van der Waals surface area contributed by atoms with Crippen molar-refractivity contribution in [3.63, 3.8) is 0 Å². The highest BCUT2D eigenvalue weighted by Crippen LogP contribution is 2.38. The number of halogens is 3. The summed E-state index contributed by atoms with van der Waals surface area (Å²) in [7, 11) is 0. The van der Waals surface area contributed by atoms with E-state index in [-0.39, 0.29) is 17.9 Å². The molecule has 6 rings (SSSR count). The highest BCUT2D eigenvalue weighted by Gasteiger charge is 2.43. The van der Waals surface area contributed by atoms with Gasteiger partial charge in [0.25, 0.3) is 0 Å². The van der Waals surface area contributed by atoms with Crippen LogP contribution < -0.4 is 14.7 Å². The highest BCUT2D eigenvalue weighted by molar-refractivity contribution is 5.83. The summed E-state index contributed by atoms with van der Waals surface area (Å²) in [6.07, 6.45) is -3.67. The zero-order valence-electron chi connectivity index (χ0n) is 22.1. The number of carbonyl (C=O) groups excluding carboxylic acids is 1. The average molecular weight is 535 g/mol. The number of carbonyl (C=O) groups is 1. The van der Waals surface area contributed by atoms with Gasteiger partial charge in [-0.05, 0) is 55.3 Å². The highest BCUT2D eigenvalue weighted by atomic mass is 19.4. The van der Waals surface area contributed by atoms with Gasteiger partial charge in [-0.2, -0.15) is 13.2 Å². The van der Waals surface area contributed by atoms with E-state index in [1.54, 1.807) is 6.07 Å². The van der Waals surface area contributed by atoms with Gasteiger partial charge in [-0.15, -0.1) is 0 Å². The third-order valence-corrected chi connectivity index (χ3v) is 8.47. The second-order valence-corrected chi connectivity index (χ2v) is 10.8. The molecule has 0 N–H and O–H groups in total. The zero-order chi connectivity index (χ0) is 27.1. The van der Waals surface area contributed by atoms with E-state index >= 15 is 0 Å².